The molecule has 84 valence electrons. The Labute approximate surface area is 90.5 Å². The fraction of sp³-hybridized carbons (Fsp3) is 0.545. The molecule has 0 saturated heterocycles. The number of nitrogens with two attached hydrogens (primary N) is 1. The van der Waals surface area contributed by atoms with Crippen LogP contribution in [0.25, 0.3) is 0 Å². The van der Waals surface area contributed by atoms with Crippen LogP contribution in [0.5, 0.6) is 0 Å². The van der Waals surface area contributed by atoms with Gasteiger partial charge in [0.05, 0.1) is 12.6 Å². The van der Waals surface area contributed by atoms with Crippen LogP contribution in [0.4, 0.5) is 5.82 Å². The van der Waals surface area contributed by atoms with E-state index in [0.29, 0.717) is 12.5 Å². The zero-order chi connectivity index (χ0) is 11.3. The molecule has 1 aromatic rings. The van der Waals surface area contributed by atoms with Crippen molar-refractivity contribution in [3.8, 4) is 0 Å². The lowest BCUT2D eigenvalue weighted by Gasteiger charge is -2.20. The van der Waals surface area contributed by atoms with E-state index < -0.39 is 0 Å². The molecule has 0 unspecified atom stereocenters. The van der Waals surface area contributed by atoms with Crippen LogP contribution in [0.2, 0.25) is 0 Å². The molecule has 0 spiro atoms. The smallest absolute Gasteiger partial charge is 0.126 e. The van der Waals surface area contributed by atoms with Gasteiger partial charge < -0.3 is 16.2 Å². The summed E-state index contributed by atoms with van der Waals surface area (Å²) in [4.78, 5) is 4.18. The van der Waals surface area contributed by atoms with Crippen molar-refractivity contribution in [3.63, 3.8) is 0 Å². The van der Waals surface area contributed by atoms with E-state index in [-0.39, 0.29) is 12.6 Å². The van der Waals surface area contributed by atoms with Gasteiger partial charge in [0.2, 0.25) is 0 Å². The van der Waals surface area contributed by atoms with Crippen molar-refractivity contribution < 1.29 is 5.11 Å². The van der Waals surface area contributed by atoms with Crippen molar-refractivity contribution in [3.05, 3.63) is 23.9 Å². The molecule has 0 bridgehead atoms. The van der Waals surface area contributed by atoms with Crippen LogP contribution in [0.3, 0.4) is 0 Å². The van der Waals surface area contributed by atoms with Crippen LogP contribution in [-0.4, -0.2) is 22.7 Å². The number of aromatic nitrogens is 1. The molecule has 0 aliphatic rings. The molecule has 1 atom stereocenters. The topological polar surface area (TPSA) is 71.2 Å². The predicted molar refractivity (Wildman–Crippen MR) is 61.5 cm³/mol. The van der Waals surface area contributed by atoms with Crippen LogP contribution >= 0.6 is 0 Å². The number of rotatable bonds is 5. The van der Waals surface area contributed by atoms with Gasteiger partial charge in [-0.1, -0.05) is 13.8 Å². The first-order valence-electron chi connectivity index (χ1n) is 5.19. The highest BCUT2D eigenvalue weighted by Crippen LogP contribution is 2.11. The van der Waals surface area contributed by atoms with Crippen LogP contribution in [0, 0.1) is 5.92 Å². The molecule has 15 heavy (non-hydrogen) atoms. The molecule has 1 heterocycles. The maximum atomic E-state index is 9.17. The Morgan fingerprint density at radius 2 is 2.27 bits per heavy atom. The number of pyridine rings is 1. The van der Waals surface area contributed by atoms with E-state index in [2.05, 4.69) is 24.1 Å². The fourth-order valence-electron chi connectivity index (χ4n) is 1.29. The second-order valence-corrected chi connectivity index (χ2v) is 3.93. The molecule has 4 N–H and O–H groups in total. The summed E-state index contributed by atoms with van der Waals surface area (Å²) in [6.07, 6.45) is 1.72. The Bertz CT molecular complexity index is 302. The van der Waals surface area contributed by atoms with Crippen LogP contribution in [0.1, 0.15) is 19.4 Å². The zero-order valence-electron chi connectivity index (χ0n) is 9.27. The Hall–Kier alpha value is -1.13. The number of anilines is 1. The lowest BCUT2D eigenvalue weighted by Crippen LogP contribution is -2.29. The van der Waals surface area contributed by atoms with Crippen LogP contribution < -0.4 is 11.1 Å². The SMILES string of the molecule is CC(C)[C@@H](CO)Nc1cc(CN)ccn1. The summed E-state index contributed by atoms with van der Waals surface area (Å²) in [5.41, 5.74) is 6.57. The van der Waals surface area contributed by atoms with Gasteiger partial charge >= 0.3 is 0 Å². The van der Waals surface area contributed by atoms with Crippen molar-refractivity contribution in [2.75, 3.05) is 11.9 Å². The van der Waals surface area contributed by atoms with Gasteiger partial charge in [0.1, 0.15) is 5.82 Å². The average molecular weight is 209 g/mol. The Kier molecular flexibility index (Phi) is 4.52. The molecule has 4 nitrogen and oxygen atoms in total. The highest BCUT2D eigenvalue weighted by Gasteiger charge is 2.11. The van der Waals surface area contributed by atoms with Gasteiger partial charge in [0, 0.05) is 12.7 Å². The van der Waals surface area contributed by atoms with Gasteiger partial charge in [0.25, 0.3) is 0 Å². The lowest BCUT2D eigenvalue weighted by molar-refractivity contribution is 0.249. The molecule has 0 saturated carbocycles. The minimum atomic E-state index is 0.0329. The summed E-state index contributed by atoms with van der Waals surface area (Å²) in [7, 11) is 0. The monoisotopic (exact) mass is 209 g/mol. The van der Waals surface area contributed by atoms with E-state index in [1.807, 2.05) is 12.1 Å². The van der Waals surface area contributed by atoms with Gasteiger partial charge in [-0.05, 0) is 23.6 Å². The standard InChI is InChI=1S/C11H19N3O/c1-8(2)10(7-15)14-11-5-9(6-12)3-4-13-11/h3-5,8,10,15H,6-7,12H2,1-2H3,(H,13,14)/t10-/m1/s1. The molecule has 0 aromatic carbocycles. The first-order chi connectivity index (χ1) is 7.17. The van der Waals surface area contributed by atoms with Crippen molar-refractivity contribution in [2.45, 2.75) is 26.4 Å². The van der Waals surface area contributed by atoms with Crippen LogP contribution in [0.15, 0.2) is 18.3 Å². The molecule has 0 fully saturated rings. The molecule has 0 amide bonds. The molecule has 0 aliphatic heterocycles. The average Bonchev–Trinajstić information content (AvgIpc) is 2.25. The number of hydrogen-bond acceptors (Lipinski definition) is 4. The van der Waals surface area contributed by atoms with E-state index in [0.717, 1.165) is 11.4 Å². The van der Waals surface area contributed by atoms with Crippen molar-refractivity contribution in [2.24, 2.45) is 11.7 Å². The summed E-state index contributed by atoms with van der Waals surface area (Å²) in [5.74, 6) is 1.13. The quantitative estimate of drug-likeness (QED) is 0.675. The summed E-state index contributed by atoms with van der Waals surface area (Å²) < 4.78 is 0. The minimum absolute atomic E-state index is 0.0329. The third-order valence-corrected chi connectivity index (χ3v) is 2.39. The largest absolute Gasteiger partial charge is 0.394 e. The van der Waals surface area contributed by atoms with Crippen molar-refractivity contribution in [1.29, 1.82) is 0 Å². The van der Waals surface area contributed by atoms with Gasteiger partial charge in [-0.3, -0.25) is 0 Å². The van der Waals surface area contributed by atoms with Crippen LogP contribution in [-0.2, 0) is 6.54 Å². The van der Waals surface area contributed by atoms with E-state index >= 15 is 0 Å². The normalized spacial score (nSPS) is 12.9. The predicted octanol–water partition coefficient (Wildman–Crippen LogP) is 0.969. The molecule has 0 aliphatic carbocycles. The van der Waals surface area contributed by atoms with Crippen molar-refractivity contribution >= 4 is 5.82 Å². The number of nitrogens with one attached hydrogen (secondary N) is 1. The lowest BCUT2D eigenvalue weighted by atomic mass is 10.1. The molecular weight excluding hydrogens is 190 g/mol. The Balaban J connectivity index is 2.70. The number of aliphatic hydroxyl groups is 1. The van der Waals surface area contributed by atoms with Gasteiger partial charge in [-0.2, -0.15) is 0 Å². The summed E-state index contributed by atoms with van der Waals surface area (Å²) in [6, 6.07) is 3.82. The minimum Gasteiger partial charge on any atom is -0.394 e. The first kappa shape index (κ1) is 11.9. The summed E-state index contributed by atoms with van der Waals surface area (Å²) >= 11 is 0. The number of aliphatic hydroxyl groups excluding tert-OH is 1. The Morgan fingerprint density at radius 3 is 2.80 bits per heavy atom. The van der Waals surface area contributed by atoms with E-state index in [1.165, 1.54) is 0 Å². The van der Waals surface area contributed by atoms with E-state index in [1.54, 1.807) is 6.20 Å². The second kappa shape index (κ2) is 5.68. The molecule has 4 heteroatoms. The molecule has 0 radical (unpaired) electrons. The highest BCUT2D eigenvalue weighted by atomic mass is 16.3. The van der Waals surface area contributed by atoms with Gasteiger partial charge in [-0.25, -0.2) is 4.98 Å². The molecular formula is C11H19N3O. The third-order valence-electron chi connectivity index (χ3n) is 2.39. The number of nitrogens with zero attached hydrogens (tertiary/aromatic N) is 1. The van der Waals surface area contributed by atoms with E-state index in [9.17, 15) is 0 Å². The van der Waals surface area contributed by atoms with Gasteiger partial charge in [0.15, 0.2) is 0 Å². The summed E-state index contributed by atoms with van der Waals surface area (Å²) in [5, 5.41) is 12.4. The van der Waals surface area contributed by atoms with E-state index in [4.69, 9.17) is 10.8 Å². The number of hydrogen-bond donors (Lipinski definition) is 3. The maximum absolute atomic E-state index is 9.17. The zero-order valence-corrected chi connectivity index (χ0v) is 9.27. The fourth-order valence-corrected chi connectivity index (χ4v) is 1.29. The van der Waals surface area contributed by atoms with Gasteiger partial charge in [-0.15, -0.1) is 0 Å². The summed E-state index contributed by atoms with van der Waals surface area (Å²) in [6.45, 7) is 4.72. The second-order valence-electron chi connectivity index (χ2n) is 3.93. The first-order valence-corrected chi connectivity index (χ1v) is 5.19. The third kappa shape index (κ3) is 3.49. The Morgan fingerprint density at radius 1 is 1.53 bits per heavy atom. The molecule has 1 rings (SSSR count). The molecule has 1 aromatic heterocycles. The highest BCUT2D eigenvalue weighted by molar-refractivity contribution is 5.38. The maximum Gasteiger partial charge on any atom is 0.126 e. The van der Waals surface area contributed by atoms with Crippen molar-refractivity contribution in [1.82, 2.24) is 4.98 Å².